The van der Waals surface area contributed by atoms with Crippen LogP contribution in [-0.4, -0.2) is 68.8 Å². The number of hydrogen-bond acceptors (Lipinski definition) is 6. The van der Waals surface area contributed by atoms with Gasteiger partial charge in [0.15, 0.2) is 0 Å². The van der Waals surface area contributed by atoms with E-state index < -0.39 is 5.91 Å². The third kappa shape index (κ3) is 4.80. The first kappa shape index (κ1) is 21.8. The third-order valence-corrected chi connectivity index (χ3v) is 5.12. The Bertz CT molecular complexity index is 1090. The molecule has 4 heterocycles. The molecule has 0 bridgehead atoms. The number of fused-ring (bicyclic) bond motifs is 1. The second-order valence-electron chi connectivity index (χ2n) is 7.02. The van der Waals surface area contributed by atoms with E-state index in [4.69, 9.17) is 15.6 Å². The Morgan fingerprint density at radius 3 is 2.55 bits per heavy atom. The number of nitrogens with two attached hydrogens (primary N) is 1. The number of aromatic nitrogens is 3. The Hall–Kier alpha value is -3.95. The Kier molecular flexibility index (Phi) is 6.81. The maximum Gasteiger partial charge on any atom is 0.290 e. The fourth-order valence-electron chi connectivity index (χ4n) is 3.61. The lowest BCUT2D eigenvalue weighted by atomic mass is 10.2. The van der Waals surface area contributed by atoms with E-state index in [1.165, 1.54) is 0 Å². The third-order valence-electron chi connectivity index (χ3n) is 5.12. The van der Waals surface area contributed by atoms with Crippen LogP contribution in [0.2, 0.25) is 0 Å². The van der Waals surface area contributed by atoms with Gasteiger partial charge in [0.2, 0.25) is 5.91 Å². The second-order valence-corrected chi connectivity index (χ2v) is 7.02. The van der Waals surface area contributed by atoms with Crippen molar-refractivity contribution >= 4 is 29.8 Å². The summed E-state index contributed by atoms with van der Waals surface area (Å²) >= 11 is 0. The highest BCUT2D eigenvalue weighted by Crippen LogP contribution is 2.19. The van der Waals surface area contributed by atoms with Crippen LogP contribution in [-0.2, 0) is 16.0 Å². The molecule has 1 aliphatic rings. The first-order valence-corrected chi connectivity index (χ1v) is 9.73. The number of hydrogen-bond donors (Lipinski definition) is 2. The molecule has 0 aliphatic carbocycles. The van der Waals surface area contributed by atoms with Crippen LogP contribution in [0.4, 0.5) is 5.82 Å². The molecule has 1 saturated heterocycles. The minimum Gasteiger partial charge on any atom is -0.483 e. The number of carbonyl (C=O) groups is 3. The van der Waals surface area contributed by atoms with Gasteiger partial charge in [0.25, 0.3) is 12.4 Å². The quantitative estimate of drug-likeness (QED) is 0.590. The van der Waals surface area contributed by atoms with E-state index in [-0.39, 0.29) is 12.4 Å². The number of pyridine rings is 2. The zero-order chi connectivity index (χ0) is 22.4. The summed E-state index contributed by atoms with van der Waals surface area (Å²) in [6.45, 7) is 4.11. The van der Waals surface area contributed by atoms with Crippen LogP contribution in [0.15, 0.2) is 42.9 Å². The SMILES string of the molecule is Cc1cccn2c(CC(=O)N3CCN(c4ncccc4C(N)=O)CC3)cnc12.O=CO. The van der Waals surface area contributed by atoms with Crippen molar-refractivity contribution < 1.29 is 19.5 Å². The zero-order valence-electron chi connectivity index (χ0n) is 17.1. The number of carboxylic acid groups (broad SMARTS) is 1. The van der Waals surface area contributed by atoms with E-state index in [1.807, 2.05) is 39.5 Å². The Labute approximate surface area is 178 Å². The fourth-order valence-corrected chi connectivity index (χ4v) is 3.61. The number of amides is 2. The number of primary amides is 1. The molecule has 31 heavy (non-hydrogen) atoms. The molecule has 162 valence electrons. The summed E-state index contributed by atoms with van der Waals surface area (Å²) in [7, 11) is 0. The molecule has 0 saturated carbocycles. The first-order chi connectivity index (χ1) is 15.0. The molecule has 2 amide bonds. The molecule has 0 spiro atoms. The molecule has 3 aromatic rings. The fraction of sp³-hybridized carbons (Fsp3) is 0.286. The predicted molar refractivity (Wildman–Crippen MR) is 114 cm³/mol. The van der Waals surface area contributed by atoms with E-state index in [9.17, 15) is 9.59 Å². The van der Waals surface area contributed by atoms with Crippen LogP contribution in [0.5, 0.6) is 0 Å². The minimum atomic E-state index is -0.496. The topological polar surface area (TPSA) is 134 Å². The lowest BCUT2D eigenvalue weighted by Crippen LogP contribution is -2.50. The summed E-state index contributed by atoms with van der Waals surface area (Å²) < 4.78 is 1.97. The summed E-state index contributed by atoms with van der Waals surface area (Å²) in [4.78, 5) is 45.4. The second kappa shape index (κ2) is 9.70. The molecule has 0 aromatic carbocycles. The van der Waals surface area contributed by atoms with Gasteiger partial charge >= 0.3 is 0 Å². The van der Waals surface area contributed by atoms with Gasteiger partial charge in [-0.1, -0.05) is 6.07 Å². The van der Waals surface area contributed by atoms with Gasteiger partial charge in [-0.3, -0.25) is 14.4 Å². The zero-order valence-corrected chi connectivity index (χ0v) is 17.1. The molecular formula is C21H24N6O4. The minimum absolute atomic E-state index is 0.0686. The number of anilines is 1. The Balaban J connectivity index is 0.000000858. The molecule has 0 radical (unpaired) electrons. The van der Waals surface area contributed by atoms with Crippen molar-refractivity contribution in [3.8, 4) is 0 Å². The van der Waals surface area contributed by atoms with Crippen LogP contribution < -0.4 is 10.6 Å². The molecular weight excluding hydrogens is 400 g/mol. The van der Waals surface area contributed by atoms with Crippen molar-refractivity contribution in [1.82, 2.24) is 19.3 Å². The van der Waals surface area contributed by atoms with Crippen molar-refractivity contribution in [2.75, 3.05) is 31.1 Å². The van der Waals surface area contributed by atoms with Crippen molar-refractivity contribution in [3.05, 3.63) is 59.7 Å². The Morgan fingerprint density at radius 1 is 1.16 bits per heavy atom. The van der Waals surface area contributed by atoms with Gasteiger partial charge in [0.1, 0.15) is 11.5 Å². The van der Waals surface area contributed by atoms with E-state index in [1.54, 1.807) is 24.5 Å². The summed E-state index contributed by atoms with van der Waals surface area (Å²) in [5, 5.41) is 6.89. The molecule has 10 heteroatoms. The van der Waals surface area contributed by atoms with Gasteiger partial charge in [-0.15, -0.1) is 0 Å². The number of rotatable bonds is 4. The van der Waals surface area contributed by atoms with Crippen LogP contribution in [0.1, 0.15) is 21.6 Å². The number of aryl methyl sites for hydroxylation is 1. The maximum atomic E-state index is 12.8. The average molecular weight is 424 g/mol. The largest absolute Gasteiger partial charge is 0.483 e. The Morgan fingerprint density at radius 2 is 1.87 bits per heavy atom. The first-order valence-electron chi connectivity index (χ1n) is 9.73. The van der Waals surface area contributed by atoms with Crippen LogP contribution in [0.25, 0.3) is 5.65 Å². The monoisotopic (exact) mass is 424 g/mol. The molecule has 3 aromatic heterocycles. The summed E-state index contributed by atoms with van der Waals surface area (Å²) in [5.74, 6) is 0.156. The molecule has 0 atom stereocenters. The number of imidazole rings is 1. The highest BCUT2D eigenvalue weighted by molar-refractivity contribution is 5.97. The van der Waals surface area contributed by atoms with E-state index in [2.05, 4.69) is 9.97 Å². The lowest BCUT2D eigenvalue weighted by molar-refractivity contribution is -0.130. The number of piperazine rings is 1. The smallest absolute Gasteiger partial charge is 0.290 e. The van der Waals surface area contributed by atoms with Gasteiger partial charge in [-0.25, -0.2) is 9.97 Å². The predicted octanol–water partition coefficient (Wildman–Crippen LogP) is 0.729. The van der Waals surface area contributed by atoms with Crippen LogP contribution >= 0.6 is 0 Å². The summed E-state index contributed by atoms with van der Waals surface area (Å²) in [6.07, 6.45) is 5.65. The highest BCUT2D eigenvalue weighted by Gasteiger charge is 2.25. The lowest BCUT2D eigenvalue weighted by Gasteiger charge is -2.36. The van der Waals surface area contributed by atoms with Crippen LogP contribution in [0, 0.1) is 6.92 Å². The van der Waals surface area contributed by atoms with E-state index >= 15 is 0 Å². The normalized spacial score (nSPS) is 13.5. The highest BCUT2D eigenvalue weighted by atomic mass is 16.3. The van der Waals surface area contributed by atoms with E-state index in [0.29, 0.717) is 44.0 Å². The van der Waals surface area contributed by atoms with E-state index in [0.717, 1.165) is 16.9 Å². The standard InChI is InChI=1S/C20H22N6O2.CH2O2/c1-14-4-3-7-26-15(13-23-19(14)26)12-17(27)24-8-10-25(11-9-24)20-16(18(21)28)5-2-6-22-20;2-1-3/h2-7,13H,8-12H2,1H3,(H2,21,28);1H,(H,2,3). The molecule has 3 N–H and O–H groups in total. The van der Waals surface area contributed by atoms with Gasteiger partial charge in [0, 0.05) is 44.8 Å². The van der Waals surface area contributed by atoms with Crippen molar-refractivity contribution in [2.24, 2.45) is 5.73 Å². The maximum absolute atomic E-state index is 12.8. The van der Waals surface area contributed by atoms with Crippen molar-refractivity contribution in [1.29, 1.82) is 0 Å². The van der Waals surface area contributed by atoms with Crippen LogP contribution in [0.3, 0.4) is 0 Å². The summed E-state index contributed by atoms with van der Waals surface area (Å²) in [6, 6.07) is 7.33. The van der Waals surface area contributed by atoms with Gasteiger partial charge in [-0.05, 0) is 30.7 Å². The van der Waals surface area contributed by atoms with Crippen molar-refractivity contribution in [3.63, 3.8) is 0 Å². The van der Waals surface area contributed by atoms with Crippen molar-refractivity contribution in [2.45, 2.75) is 13.3 Å². The number of nitrogens with zero attached hydrogens (tertiary/aromatic N) is 5. The average Bonchev–Trinajstić information content (AvgIpc) is 3.18. The molecule has 0 unspecified atom stereocenters. The van der Waals surface area contributed by atoms with Gasteiger partial charge in [-0.2, -0.15) is 0 Å². The molecule has 4 rings (SSSR count). The number of carbonyl (C=O) groups excluding carboxylic acids is 2. The summed E-state index contributed by atoms with van der Waals surface area (Å²) in [5.41, 5.74) is 8.70. The van der Waals surface area contributed by atoms with Gasteiger partial charge in [0.05, 0.1) is 17.7 Å². The molecule has 10 nitrogen and oxygen atoms in total. The molecule has 1 aliphatic heterocycles. The van der Waals surface area contributed by atoms with Gasteiger partial charge < -0.3 is 25.0 Å². The molecule has 1 fully saturated rings.